The van der Waals surface area contributed by atoms with Gasteiger partial charge in [-0.05, 0) is 37.8 Å². The third-order valence-electron chi connectivity index (χ3n) is 3.26. The van der Waals surface area contributed by atoms with Crippen LogP contribution in [0.3, 0.4) is 0 Å². The quantitative estimate of drug-likeness (QED) is 0.862. The molecule has 0 aromatic heterocycles. The Labute approximate surface area is 110 Å². The first-order chi connectivity index (χ1) is 8.72. The van der Waals surface area contributed by atoms with Crippen LogP contribution in [0.5, 0.6) is 0 Å². The lowest BCUT2D eigenvalue weighted by Gasteiger charge is -2.23. The number of rotatable bonds is 5. The van der Waals surface area contributed by atoms with Crippen LogP contribution in [-0.4, -0.2) is 25.7 Å². The molecular weight excluding hydrogens is 276 g/mol. The summed E-state index contributed by atoms with van der Waals surface area (Å²) >= 11 is 0. The summed E-state index contributed by atoms with van der Waals surface area (Å²) in [4.78, 5) is -0.625. The summed E-state index contributed by atoms with van der Waals surface area (Å²) in [7, 11) is -4.10. The van der Waals surface area contributed by atoms with Gasteiger partial charge >= 0.3 is 0 Å². The van der Waals surface area contributed by atoms with Gasteiger partial charge in [0.1, 0.15) is 16.5 Å². The van der Waals surface area contributed by atoms with Gasteiger partial charge in [0.25, 0.3) is 0 Å². The van der Waals surface area contributed by atoms with Crippen molar-refractivity contribution in [3.8, 4) is 0 Å². The maximum atomic E-state index is 13.4. The summed E-state index contributed by atoms with van der Waals surface area (Å²) in [5, 5.41) is 10.00. The normalized spacial score (nSPS) is 19.2. The first-order valence-corrected chi connectivity index (χ1v) is 7.38. The van der Waals surface area contributed by atoms with Crippen LogP contribution in [-0.2, 0) is 10.0 Å². The monoisotopic (exact) mass is 291 g/mol. The maximum absolute atomic E-state index is 13.4. The highest BCUT2D eigenvalue weighted by molar-refractivity contribution is 7.89. The molecule has 2 rings (SSSR count). The predicted molar refractivity (Wildman–Crippen MR) is 64.9 cm³/mol. The van der Waals surface area contributed by atoms with Crippen LogP contribution in [0.2, 0.25) is 0 Å². The molecule has 106 valence electrons. The van der Waals surface area contributed by atoms with E-state index in [0.29, 0.717) is 6.07 Å². The molecule has 19 heavy (non-hydrogen) atoms. The minimum atomic E-state index is -4.10. The standard InChI is InChI=1S/C12H15F2NO3S/c1-12(16,8-2-3-8)7-15-19(17,18)11-5-4-9(13)6-10(11)14/h4-6,8,15-16H,2-3,7H2,1H3. The van der Waals surface area contributed by atoms with Crippen molar-refractivity contribution in [1.82, 2.24) is 4.72 Å². The number of hydrogen-bond donors (Lipinski definition) is 2. The lowest BCUT2D eigenvalue weighted by molar-refractivity contribution is 0.0422. The first-order valence-electron chi connectivity index (χ1n) is 5.89. The van der Waals surface area contributed by atoms with Crippen LogP contribution < -0.4 is 4.72 Å². The van der Waals surface area contributed by atoms with Crippen LogP contribution >= 0.6 is 0 Å². The van der Waals surface area contributed by atoms with Crippen LogP contribution in [0.1, 0.15) is 19.8 Å². The van der Waals surface area contributed by atoms with Gasteiger partial charge in [-0.15, -0.1) is 0 Å². The van der Waals surface area contributed by atoms with E-state index in [-0.39, 0.29) is 12.5 Å². The van der Waals surface area contributed by atoms with Crippen LogP contribution in [0.25, 0.3) is 0 Å². The molecule has 1 unspecified atom stereocenters. The molecule has 0 radical (unpaired) electrons. The summed E-state index contributed by atoms with van der Waals surface area (Å²) in [6, 6.07) is 2.24. The van der Waals surface area contributed by atoms with Crippen molar-refractivity contribution in [1.29, 1.82) is 0 Å². The van der Waals surface area contributed by atoms with E-state index in [1.54, 1.807) is 0 Å². The molecule has 1 aromatic rings. The smallest absolute Gasteiger partial charge is 0.243 e. The van der Waals surface area contributed by atoms with E-state index < -0.39 is 32.2 Å². The average molecular weight is 291 g/mol. The van der Waals surface area contributed by atoms with Crippen LogP contribution in [0, 0.1) is 17.6 Å². The fourth-order valence-electron chi connectivity index (χ4n) is 1.86. The summed E-state index contributed by atoms with van der Waals surface area (Å²) in [5.41, 5.74) is -1.15. The molecule has 1 atom stereocenters. The zero-order valence-electron chi connectivity index (χ0n) is 10.4. The number of aliphatic hydroxyl groups is 1. The van der Waals surface area contributed by atoms with E-state index in [1.165, 1.54) is 6.92 Å². The Bertz CT molecular complexity index is 583. The summed E-state index contributed by atoms with van der Waals surface area (Å²) < 4.78 is 52.0. The maximum Gasteiger partial charge on any atom is 0.243 e. The van der Waals surface area contributed by atoms with Gasteiger partial charge in [0.2, 0.25) is 10.0 Å². The lowest BCUT2D eigenvalue weighted by atomic mass is 10.0. The van der Waals surface area contributed by atoms with Crippen LogP contribution in [0.4, 0.5) is 8.78 Å². The Morgan fingerprint density at radius 3 is 2.58 bits per heavy atom. The van der Waals surface area contributed by atoms with Gasteiger partial charge in [-0.3, -0.25) is 0 Å². The van der Waals surface area contributed by atoms with Gasteiger partial charge in [0.05, 0.1) is 5.60 Å². The summed E-state index contributed by atoms with van der Waals surface area (Å²) in [6.45, 7) is 1.34. The molecule has 0 heterocycles. The van der Waals surface area contributed by atoms with Gasteiger partial charge in [-0.25, -0.2) is 21.9 Å². The summed E-state index contributed by atoms with van der Waals surface area (Å²) in [5.74, 6) is -1.94. The fraction of sp³-hybridized carbons (Fsp3) is 0.500. The highest BCUT2D eigenvalue weighted by Crippen LogP contribution is 2.39. The number of halogens is 2. The predicted octanol–water partition coefficient (Wildman–Crippen LogP) is 1.40. The van der Waals surface area contributed by atoms with Crippen molar-refractivity contribution >= 4 is 10.0 Å². The number of nitrogens with one attached hydrogen (secondary N) is 1. The molecule has 0 amide bonds. The Balaban J connectivity index is 2.14. The highest BCUT2D eigenvalue weighted by Gasteiger charge is 2.40. The molecule has 1 saturated carbocycles. The van der Waals surface area contributed by atoms with E-state index >= 15 is 0 Å². The molecule has 2 N–H and O–H groups in total. The Morgan fingerprint density at radius 2 is 2.05 bits per heavy atom. The minimum Gasteiger partial charge on any atom is -0.389 e. The third-order valence-corrected chi connectivity index (χ3v) is 4.69. The molecule has 1 aliphatic rings. The average Bonchev–Trinajstić information content (AvgIpc) is 3.10. The number of benzene rings is 1. The highest BCUT2D eigenvalue weighted by atomic mass is 32.2. The molecular formula is C12H15F2NO3S. The second-order valence-corrected chi connectivity index (χ2v) is 6.77. The van der Waals surface area contributed by atoms with E-state index in [1.807, 2.05) is 0 Å². The molecule has 7 heteroatoms. The van der Waals surface area contributed by atoms with Crippen LogP contribution in [0.15, 0.2) is 23.1 Å². The zero-order chi connectivity index (χ0) is 14.3. The van der Waals surface area contributed by atoms with E-state index in [9.17, 15) is 22.3 Å². The van der Waals surface area contributed by atoms with Gasteiger partial charge in [0, 0.05) is 12.6 Å². The molecule has 0 saturated heterocycles. The number of hydrogen-bond acceptors (Lipinski definition) is 3. The summed E-state index contributed by atoms with van der Waals surface area (Å²) in [6.07, 6.45) is 1.69. The SMILES string of the molecule is CC(O)(CNS(=O)(=O)c1ccc(F)cc1F)C1CC1. The molecule has 4 nitrogen and oxygen atoms in total. The van der Waals surface area contributed by atoms with Crippen molar-refractivity contribution in [3.63, 3.8) is 0 Å². The van der Waals surface area contributed by atoms with Crippen molar-refractivity contribution in [3.05, 3.63) is 29.8 Å². The number of sulfonamides is 1. The molecule has 1 fully saturated rings. The molecule has 0 spiro atoms. The first kappa shape index (κ1) is 14.4. The van der Waals surface area contributed by atoms with Crippen molar-refractivity contribution in [2.75, 3.05) is 6.54 Å². The van der Waals surface area contributed by atoms with Gasteiger partial charge in [0.15, 0.2) is 0 Å². The topological polar surface area (TPSA) is 66.4 Å². The van der Waals surface area contributed by atoms with Gasteiger partial charge in [-0.2, -0.15) is 0 Å². The largest absolute Gasteiger partial charge is 0.389 e. The molecule has 0 bridgehead atoms. The lowest BCUT2D eigenvalue weighted by Crippen LogP contribution is -2.42. The van der Waals surface area contributed by atoms with Crippen molar-refractivity contribution in [2.45, 2.75) is 30.3 Å². The van der Waals surface area contributed by atoms with Gasteiger partial charge in [-0.1, -0.05) is 0 Å². The van der Waals surface area contributed by atoms with E-state index in [4.69, 9.17) is 0 Å². The second-order valence-electron chi connectivity index (χ2n) is 5.03. The molecule has 1 aromatic carbocycles. The minimum absolute atomic E-state index is 0.0632. The molecule has 0 aliphatic heterocycles. The fourth-order valence-corrected chi connectivity index (χ4v) is 3.06. The second kappa shape index (κ2) is 4.81. The Morgan fingerprint density at radius 1 is 1.42 bits per heavy atom. The molecule has 1 aliphatic carbocycles. The van der Waals surface area contributed by atoms with Crippen molar-refractivity contribution < 1.29 is 22.3 Å². The van der Waals surface area contributed by atoms with Gasteiger partial charge < -0.3 is 5.11 Å². The van der Waals surface area contributed by atoms with E-state index in [0.717, 1.165) is 25.0 Å². The van der Waals surface area contributed by atoms with Crippen molar-refractivity contribution in [2.24, 2.45) is 5.92 Å². The van der Waals surface area contributed by atoms with E-state index in [2.05, 4.69) is 4.72 Å². The zero-order valence-corrected chi connectivity index (χ0v) is 11.2. The third kappa shape index (κ3) is 3.29. The Hall–Kier alpha value is -1.05. The Kier molecular flexibility index (Phi) is 3.63.